The summed E-state index contributed by atoms with van der Waals surface area (Å²) in [7, 11) is 1.30. The zero-order valence-corrected chi connectivity index (χ0v) is 9.87. The number of ether oxygens (including phenoxy) is 2. The topological polar surface area (TPSA) is 52.6 Å². The van der Waals surface area contributed by atoms with Gasteiger partial charge in [0.2, 0.25) is 9.05 Å². The molecule has 0 aromatic heterocycles. The maximum Gasteiger partial charge on any atom is 0.391 e. The molecule has 0 amide bonds. The first kappa shape index (κ1) is 16.0. The minimum atomic E-state index is -4.23. The van der Waals surface area contributed by atoms with E-state index in [1.807, 2.05) is 0 Å². The Morgan fingerprint density at radius 2 is 1.50 bits per heavy atom. The second-order valence-corrected chi connectivity index (χ2v) is 5.73. The van der Waals surface area contributed by atoms with Crippen molar-refractivity contribution in [2.24, 2.45) is 0 Å². The fourth-order valence-electron chi connectivity index (χ4n) is 0.668. The molecule has 0 aromatic carbocycles. The standard InChI is InChI=1S/C7H12ClF3O4S/c8-16(12,13)6-5-15-4-3-14-2-1-7(9,10)11/h1-6H2. The van der Waals surface area contributed by atoms with Crippen LogP contribution in [0, 0.1) is 0 Å². The van der Waals surface area contributed by atoms with Crippen molar-refractivity contribution in [1.82, 2.24) is 0 Å². The molecule has 0 spiro atoms. The Balaban J connectivity index is 3.23. The van der Waals surface area contributed by atoms with E-state index >= 15 is 0 Å². The Hall–Kier alpha value is -0.0500. The first-order valence-electron chi connectivity index (χ1n) is 4.35. The Labute approximate surface area is 96.1 Å². The third kappa shape index (κ3) is 13.9. The summed E-state index contributed by atoms with van der Waals surface area (Å²) in [6.45, 7) is -0.516. The van der Waals surface area contributed by atoms with Crippen molar-refractivity contribution >= 4 is 19.7 Å². The molecule has 0 heterocycles. The summed E-state index contributed by atoms with van der Waals surface area (Å²) in [5.41, 5.74) is 0. The minimum Gasteiger partial charge on any atom is -0.379 e. The van der Waals surface area contributed by atoms with Crippen LogP contribution in [0.1, 0.15) is 6.42 Å². The summed E-state index contributed by atoms with van der Waals surface area (Å²) in [5, 5.41) is 0. The molecule has 0 aliphatic heterocycles. The van der Waals surface area contributed by atoms with E-state index in [0.717, 1.165) is 0 Å². The van der Waals surface area contributed by atoms with E-state index in [1.165, 1.54) is 0 Å². The highest BCUT2D eigenvalue weighted by molar-refractivity contribution is 8.13. The van der Waals surface area contributed by atoms with Crippen molar-refractivity contribution in [2.75, 3.05) is 32.2 Å². The van der Waals surface area contributed by atoms with Crippen LogP contribution in [0.3, 0.4) is 0 Å². The highest BCUT2D eigenvalue weighted by Gasteiger charge is 2.26. The van der Waals surface area contributed by atoms with Gasteiger partial charge in [-0.2, -0.15) is 13.2 Å². The number of halogens is 4. The molecule has 0 saturated heterocycles. The molecule has 4 nitrogen and oxygen atoms in total. The summed E-state index contributed by atoms with van der Waals surface area (Å²) in [6.07, 6.45) is -5.24. The van der Waals surface area contributed by atoms with Crippen LogP contribution in [0.4, 0.5) is 13.2 Å². The first-order chi connectivity index (χ1) is 7.21. The lowest BCUT2D eigenvalue weighted by molar-refractivity contribution is -0.146. The summed E-state index contributed by atoms with van der Waals surface area (Å²) < 4.78 is 65.1. The molecule has 0 aliphatic rings. The van der Waals surface area contributed by atoms with Gasteiger partial charge in [-0.15, -0.1) is 0 Å². The number of hydrogen-bond donors (Lipinski definition) is 0. The molecule has 0 unspecified atom stereocenters. The molecule has 0 radical (unpaired) electrons. The van der Waals surface area contributed by atoms with E-state index in [0.29, 0.717) is 0 Å². The maximum atomic E-state index is 11.6. The van der Waals surface area contributed by atoms with E-state index in [4.69, 9.17) is 15.4 Å². The third-order valence-electron chi connectivity index (χ3n) is 1.37. The maximum absolute atomic E-state index is 11.6. The van der Waals surface area contributed by atoms with Crippen LogP contribution < -0.4 is 0 Å². The average Bonchev–Trinajstić information content (AvgIpc) is 2.06. The van der Waals surface area contributed by atoms with Crippen molar-refractivity contribution in [3.05, 3.63) is 0 Å². The quantitative estimate of drug-likeness (QED) is 0.501. The van der Waals surface area contributed by atoms with E-state index in [9.17, 15) is 21.6 Å². The minimum absolute atomic E-state index is 0.0155. The smallest absolute Gasteiger partial charge is 0.379 e. The third-order valence-corrected chi connectivity index (χ3v) is 2.49. The highest BCUT2D eigenvalue weighted by Crippen LogP contribution is 2.18. The van der Waals surface area contributed by atoms with Crippen LogP contribution in [0.25, 0.3) is 0 Å². The molecular weight excluding hydrogens is 273 g/mol. The SMILES string of the molecule is O=S(=O)(Cl)CCOCCOCCC(F)(F)F. The van der Waals surface area contributed by atoms with E-state index in [2.05, 4.69) is 4.74 Å². The predicted molar refractivity (Wildman–Crippen MR) is 51.9 cm³/mol. The lowest BCUT2D eigenvalue weighted by atomic mass is 10.4. The van der Waals surface area contributed by atoms with Crippen LogP contribution in [0.15, 0.2) is 0 Å². The second-order valence-electron chi connectivity index (χ2n) is 2.83. The van der Waals surface area contributed by atoms with E-state index in [1.54, 1.807) is 0 Å². The number of hydrogen-bond acceptors (Lipinski definition) is 4. The summed E-state index contributed by atoms with van der Waals surface area (Å²) in [4.78, 5) is 0. The first-order valence-corrected chi connectivity index (χ1v) is 6.83. The van der Waals surface area contributed by atoms with E-state index in [-0.39, 0.29) is 25.6 Å². The molecule has 0 N–H and O–H groups in total. The van der Waals surface area contributed by atoms with Crippen molar-refractivity contribution in [3.8, 4) is 0 Å². The lowest BCUT2D eigenvalue weighted by Crippen LogP contribution is -2.14. The zero-order valence-electron chi connectivity index (χ0n) is 8.30. The molecule has 0 atom stereocenters. The Kier molecular flexibility index (Phi) is 7.29. The van der Waals surface area contributed by atoms with Gasteiger partial charge in [-0.3, -0.25) is 0 Å². The van der Waals surface area contributed by atoms with Crippen molar-refractivity contribution in [2.45, 2.75) is 12.6 Å². The highest BCUT2D eigenvalue weighted by atomic mass is 35.7. The van der Waals surface area contributed by atoms with Gasteiger partial charge in [-0.1, -0.05) is 0 Å². The summed E-state index contributed by atoms with van der Waals surface area (Å²) in [6, 6.07) is 0. The Morgan fingerprint density at radius 3 is 1.94 bits per heavy atom. The molecule has 0 bridgehead atoms. The molecule has 9 heteroatoms. The van der Waals surface area contributed by atoms with Gasteiger partial charge in [0.1, 0.15) is 0 Å². The molecule has 16 heavy (non-hydrogen) atoms. The predicted octanol–water partition coefficient (Wildman–Crippen LogP) is 1.54. The second kappa shape index (κ2) is 7.31. The average molecular weight is 285 g/mol. The number of rotatable bonds is 8. The van der Waals surface area contributed by atoms with Gasteiger partial charge in [-0.25, -0.2) is 8.42 Å². The van der Waals surface area contributed by atoms with Gasteiger partial charge in [0.15, 0.2) is 0 Å². The van der Waals surface area contributed by atoms with Crippen LogP contribution in [-0.2, 0) is 18.5 Å². The van der Waals surface area contributed by atoms with Crippen molar-refractivity contribution in [3.63, 3.8) is 0 Å². The molecule has 0 aliphatic carbocycles. The molecule has 98 valence electrons. The summed E-state index contributed by atoms with van der Waals surface area (Å²) in [5.74, 6) is -0.336. The normalized spacial score (nSPS) is 13.0. The van der Waals surface area contributed by atoms with Crippen molar-refractivity contribution < 1.29 is 31.1 Å². The molecule has 0 fully saturated rings. The molecule has 0 aromatic rings. The van der Waals surface area contributed by atoms with Crippen molar-refractivity contribution in [1.29, 1.82) is 0 Å². The van der Waals surface area contributed by atoms with Gasteiger partial charge in [-0.05, 0) is 0 Å². The number of alkyl halides is 3. The Bertz CT molecular complexity index is 278. The van der Waals surface area contributed by atoms with Crippen LogP contribution in [0.2, 0.25) is 0 Å². The summed E-state index contributed by atoms with van der Waals surface area (Å²) >= 11 is 0. The molecular formula is C7H12ClF3O4S. The van der Waals surface area contributed by atoms with Crippen LogP contribution in [-0.4, -0.2) is 46.8 Å². The van der Waals surface area contributed by atoms with Gasteiger partial charge < -0.3 is 9.47 Å². The Morgan fingerprint density at radius 1 is 1.00 bits per heavy atom. The fourth-order valence-corrected chi connectivity index (χ4v) is 1.17. The van der Waals surface area contributed by atoms with E-state index < -0.39 is 28.3 Å². The molecule has 0 rings (SSSR count). The van der Waals surface area contributed by atoms with Crippen LogP contribution >= 0.6 is 10.7 Å². The molecule has 0 saturated carbocycles. The van der Waals surface area contributed by atoms with Gasteiger partial charge >= 0.3 is 6.18 Å². The van der Waals surface area contributed by atoms with Gasteiger partial charge in [0, 0.05) is 10.7 Å². The zero-order chi connectivity index (χ0) is 12.7. The fraction of sp³-hybridized carbons (Fsp3) is 1.00. The van der Waals surface area contributed by atoms with Crippen LogP contribution in [0.5, 0.6) is 0 Å². The van der Waals surface area contributed by atoms with Gasteiger partial charge in [0.05, 0.1) is 38.6 Å². The largest absolute Gasteiger partial charge is 0.391 e. The monoisotopic (exact) mass is 284 g/mol. The lowest BCUT2D eigenvalue weighted by Gasteiger charge is -2.07. The van der Waals surface area contributed by atoms with Gasteiger partial charge in [0.25, 0.3) is 0 Å².